The molecule has 0 saturated heterocycles. The molecule has 6 nitrogen and oxygen atoms in total. The van der Waals surface area contributed by atoms with E-state index in [0.717, 1.165) is 5.56 Å². The molecule has 0 bridgehead atoms. The summed E-state index contributed by atoms with van der Waals surface area (Å²) >= 11 is 0. The molecule has 0 aliphatic rings. The van der Waals surface area contributed by atoms with Gasteiger partial charge in [0, 0.05) is 19.0 Å². The molecule has 2 N–H and O–H groups in total. The lowest BCUT2D eigenvalue weighted by atomic mass is 10.0. The molecule has 0 unspecified atom stereocenters. The first-order chi connectivity index (χ1) is 11.0. The second-order valence-corrected chi connectivity index (χ2v) is 5.05. The maximum absolute atomic E-state index is 12.3. The number of aromatic hydroxyl groups is 1. The van der Waals surface area contributed by atoms with Crippen molar-refractivity contribution in [1.82, 2.24) is 4.98 Å². The van der Waals surface area contributed by atoms with Crippen LogP contribution in [0.1, 0.15) is 28.8 Å². The van der Waals surface area contributed by atoms with Crippen LogP contribution in [0.4, 0.5) is 5.82 Å². The Bertz CT molecular complexity index is 728. The summed E-state index contributed by atoms with van der Waals surface area (Å²) in [5.74, 6) is -0.112. The van der Waals surface area contributed by atoms with E-state index < -0.39 is 0 Å². The molecule has 1 aromatic carbocycles. The van der Waals surface area contributed by atoms with E-state index in [9.17, 15) is 14.7 Å². The van der Waals surface area contributed by atoms with Crippen LogP contribution in [0.25, 0.3) is 0 Å². The molecule has 0 fully saturated rings. The number of hydrogen-bond donors (Lipinski definition) is 2. The number of methoxy groups -OCH3 is 1. The average molecular weight is 314 g/mol. The standard InChI is InChI=1S/C17H18N2O4/c1-11-5-7-15(23-2)12(10-11)13(20)6-8-16(22)19-17-14(21)4-3-9-18-17/h3-5,7,9-10,21H,6,8H2,1-2H3,(H,18,19,22). The fraction of sp³-hybridized carbons (Fsp3) is 0.235. The Morgan fingerprint density at radius 2 is 2.04 bits per heavy atom. The second kappa shape index (κ2) is 7.40. The number of amides is 1. The Morgan fingerprint density at radius 3 is 2.74 bits per heavy atom. The number of ketones is 1. The van der Waals surface area contributed by atoms with Crippen molar-refractivity contribution >= 4 is 17.5 Å². The van der Waals surface area contributed by atoms with Crippen LogP contribution in [-0.4, -0.2) is 28.9 Å². The summed E-state index contributed by atoms with van der Waals surface area (Å²) in [5, 5.41) is 12.0. The van der Waals surface area contributed by atoms with E-state index in [2.05, 4.69) is 10.3 Å². The summed E-state index contributed by atoms with van der Waals surface area (Å²) < 4.78 is 5.18. The van der Waals surface area contributed by atoms with Crippen molar-refractivity contribution in [2.24, 2.45) is 0 Å². The molecule has 120 valence electrons. The lowest BCUT2D eigenvalue weighted by Crippen LogP contribution is -2.14. The van der Waals surface area contributed by atoms with Gasteiger partial charge in [-0.1, -0.05) is 11.6 Å². The van der Waals surface area contributed by atoms with E-state index in [1.54, 1.807) is 18.2 Å². The smallest absolute Gasteiger partial charge is 0.226 e. The molecule has 0 radical (unpaired) electrons. The number of pyridine rings is 1. The number of carbonyl (C=O) groups excluding carboxylic acids is 2. The topological polar surface area (TPSA) is 88.5 Å². The van der Waals surface area contributed by atoms with Gasteiger partial charge in [0.2, 0.25) is 5.91 Å². The molecular formula is C17H18N2O4. The Morgan fingerprint density at radius 1 is 1.26 bits per heavy atom. The molecule has 0 saturated carbocycles. The Kier molecular flexibility index (Phi) is 5.30. The number of anilines is 1. The zero-order valence-corrected chi connectivity index (χ0v) is 13.0. The number of benzene rings is 1. The number of aryl methyl sites for hydroxylation is 1. The first kappa shape index (κ1) is 16.5. The van der Waals surface area contributed by atoms with Crippen LogP contribution >= 0.6 is 0 Å². The van der Waals surface area contributed by atoms with Gasteiger partial charge in [-0.2, -0.15) is 0 Å². The number of ether oxygens (including phenoxy) is 1. The normalized spacial score (nSPS) is 10.2. The van der Waals surface area contributed by atoms with Gasteiger partial charge in [-0.05, 0) is 31.2 Å². The van der Waals surface area contributed by atoms with E-state index >= 15 is 0 Å². The lowest BCUT2D eigenvalue weighted by molar-refractivity contribution is -0.116. The Hall–Kier alpha value is -2.89. The quantitative estimate of drug-likeness (QED) is 0.800. The summed E-state index contributed by atoms with van der Waals surface area (Å²) in [6.45, 7) is 1.88. The summed E-state index contributed by atoms with van der Waals surface area (Å²) in [7, 11) is 1.50. The Labute approximate surface area is 134 Å². The van der Waals surface area contributed by atoms with Gasteiger partial charge in [0.15, 0.2) is 17.4 Å². The fourth-order valence-electron chi connectivity index (χ4n) is 2.09. The molecule has 1 aromatic heterocycles. The van der Waals surface area contributed by atoms with Gasteiger partial charge >= 0.3 is 0 Å². The summed E-state index contributed by atoms with van der Waals surface area (Å²) in [5.41, 5.74) is 1.40. The van der Waals surface area contributed by atoms with Crippen LogP contribution < -0.4 is 10.1 Å². The molecular weight excluding hydrogens is 296 g/mol. The predicted octanol–water partition coefficient (Wildman–Crippen LogP) is 2.71. The van der Waals surface area contributed by atoms with Crippen molar-refractivity contribution in [2.75, 3.05) is 12.4 Å². The fourth-order valence-corrected chi connectivity index (χ4v) is 2.09. The summed E-state index contributed by atoms with van der Waals surface area (Å²) in [6.07, 6.45) is 1.49. The SMILES string of the molecule is COc1ccc(C)cc1C(=O)CCC(=O)Nc1ncccc1O. The molecule has 23 heavy (non-hydrogen) atoms. The van der Waals surface area contributed by atoms with E-state index in [4.69, 9.17) is 4.74 Å². The van der Waals surface area contributed by atoms with Gasteiger partial charge in [0.25, 0.3) is 0 Å². The van der Waals surface area contributed by atoms with E-state index in [1.807, 2.05) is 13.0 Å². The van der Waals surface area contributed by atoms with Crippen LogP contribution in [0.15, 0.2) is 36.5 Å². The molecule has 0 atom stereocenters. The number of rotatable bonds is 6. The molecule has 1 amide bonds. The van der Waals surface area contributed by atoms with E-state index in [1.165, 1.54) is 19.4 Å². The van der Waals surface area contributed by atoms with Crippen molar-refractivity contribution in [3.63, 3.8) is 0 Å². The highest BCUT2D eigenvalue weighted by Gasteiger charge is 2.15. The summed E-state index contributed by atoms with van der Waals surface area (Å²) in [6, 6.07) is 8.30. The minimum Gasteiger partial charge on any atom is -0.504 e. The zero-order chi connectivity index (χ0) is 16.8. The first-order valence-electron chi connectivity index (χ1n) is 7.13. The monoisotopic (exact) mass is 314 g/mol. The maximum atomic E-state index is 12.3. The largest absolute Gasteiger partial charge is 0.504 e. The molecule has 0 aliphatic carbocycles. The van der Waals surface area contributed by atoms with Crippen molar-refractivity contribution in [1.29, 1.82) is 0 Å². The van der Waals surface area contributed by atoms with Crippen molar-refractivity contribution in [2.45, 2.75) is 19.8 Å². The van der Waals surface area contributed by atoms with Crippen LogP contribution in [-0.2, 0) is 4.79 Å². The first-order valence-corrected chi connectivity index (χ1v) is 7.13. The molecule has 2 aromatic rings. The van der Waals surface area contributed by atoms with Gasteiger partial charge in [0.05, 0.1) is 12.7 Å². The van der Waals surface area contributed by atoms with Gasteiger partial charge in [-0.15, -0.1) is 0 Å². The average Bonchev–Trinajstić information content (AvgIpc) is 2.54. The molecule has 0 aliphatic heterocycles. The number of aromatic nitrogens is 1. The highest BCUT2D eigenvalue weighted by molar-refractivity contribution is 6.01. The summed E-state index contributed by atoms with van der Waals surface area (Å²) in [4.78, 5) is 28.0. The van der Waals surface area contributed by atoms with Crippen molar-refractivity contribution in [3.8, 4) is 11.5 Å². The van der Waals surface area contributed by atoms with Crippen LogP contribution in [0, 0.1) is 6.92 Å². The minimum absolute atomic E-state index is 0.00799. The minimum atomic E-state index is -0.390. The van der Waals surface area contributed by atoms with Gasteiger partial charge in [-0.25, -0.2) is 4.98 Å². The number of hydrogen-bond acceptors (Lipinski definition) is 5. The van der Waals surface area contributed by atoms with Gasteiger partial charge < -0.3 is 15.2 Å². The van der Waals surface area contributed by atoms with Gasteiger partial charge in [0.1, 0.15) is 5.75 Å². The van der Waals surface area contributed by atoms with Crippen LogP contribution in [0.3, 0.4) is 0 Å². The van der Waals surface area contributed by atoms with Crippen molar-refractivity contribution < 1.29 is 19.4 Å². The van der Waals surface area contributed by atoms with Crippen LogP contribution in [0.2, 0.25) is 0 Å². The maximum Gasteiger partial charge on any atom is 0.226 e. The molecule has 0 spiro atoms. The third-order valence-corrected chi connectivity index (χ3v) is 3.28. The highest BCUT2D eigenvalue weighted by Crippen LogP contribution is 2.22. The van der Waals surface area contributed by atoms with E-state index in [0.29, 0.717) is 11.3 Å². The highest BCUT2D eigenvalue weighted by atomic mass is 16.5. The second-order valence-electron chi connectivity index (χ2n) is 5.05. The zero-order valence-electron chi connectivity index (χ0n) is 13.0. The number of carbonyl (C=O) groups is 2. The molecule has 1 heterocycles. The molecule has 6 heteroatoms. The molecule has 2 rings (SSSR count). The Balaban J connectivity index is 1.98. The van der Waals surface area contributed by atoms with Crippen LogP contribution in [0.5, 0.6) is 11.5 Å². The number of nitrogens with one attached hydrogen (secondary N) is 1. The lowest BCUT2D eigenvalue weighted by Gasteiger charge is -2.09. The van der Waals surface area contributed by atoms with Crippen molar-refractivity contribution in [3.05, 3.63) is 47.7 Å². The number of Topliss-reactive ketones (excluding diaryl/α,β-unsaturated/α-hetero) is 1. The van der Waals surface area contributed by atoms with E-state index in [-0.39, 0.29) is 36.1 Å². The third-order valence-electron chi connectivity index (χ3n) is 3.28. The third kappa shape index (κ3) is 4.29. The van der Waals surface area contributed by atoms with Gasteiger partial charge in [-0.3, -0.25) is 9.59 Å². The predicted molar refractivity (Wildman–Crippen MR) is 85.8 cm³/mol. The number of nitrogens with zero attached hydrogens (tertiary/aromatic N) is 1.